The first-order chi connectivity index (χ1) is 7.72. The third-order valence-corrected chi connectivity index (χ3v) is 3.50. The molecule has 2 saturated heterocycles. The Labute approximate surface area is 95.4 Å². The number of nitrogens with zero attached hydrogens (tertiary/aromatic N) is 2. The second-order valence-corrected chi connectivity index (χ2v) is 4.76. The molecule has 0 amide bonds. The highest BCUT2D eigenvalue weighted by Crippen LogP contribution is 2.29. The standard InChI is InChI=1S/C12H17N3O/c1-8-4-12(14-5-11(8)13)15-6-9-2-3-10(7-15)16-9/h4-5,9-10H,2-3,6-7,13H2,1H3. The summed E-state index contributed by atoms with van der Waals surface area (Å²) in [5.41, 5.74) is 7.64. The highest BCUT2D eigenvalue weighted by molar-refractivity contribution is 5.52. The van der Waals surface area contributed by atoms with E-state index in [1.807, 2.05) is 6.92 Å². The maximum absolute atomic E-state index is 5.81. The molecule has 86 valence electrons. The Bertz CT molecular complexity index is 395. The van der Waals surface area contributed by atoms with E-state index in [1.54, 1.807) is 6.20 Å². The van der Waals surface area contributed by atoms with Crippen LogP contribution in [0.5, 0.6) is 0 Å². The minimum absolute atomic E-state index is 0.401. The second kappa shape index (κ2) is 3.63. The number of fused-ring (bicyclic) bond motifs is 2. The van der Waals surface area contributed by atoms with E-state index in [4.69, 9.17) is 10.5 Å². The van der Waals surface area contributed by atoms with Gasteiger partial charge in [0.2, 0.25) is 0 Å². The lowest BCUT2D eigenvalue weighted by Crippen LogP contribution is -2.43. The summed E-state index contributed by atoms with van der Waals surface area (Å²) >= 11 is 0. The van der Waals surface area contributed by atoms with Crippen LogP contribution in [0.15, 0.2) is 12.3 Å². The predicted molar refractivity (Wildman–Crippen MR) is 63.5 cm³/mol. The van der Waals surface area contributed by atoms with Gasteiger partial charge in [-0.15, -0.1) is 0 Å². The van der Waals surface area contributed by atoms with Crippen LogP contribution in [0.1, 0.15) is 18.4 Å². The van der Waals surface area contributed by atoms with Crippen molar-refractivity contribution in [1.82, 2.24) is 4.98 Å². The van der Waals surface area contributed by atoms with Gasteiger partial charge in [-0.2, -0.15) is 0 Å². The molecule has 1 aromatic heterocycles. The van der Waals surface area contributed by atoms with Gasteiger partial charge in [0, 0.05) is 13.1 Å². The number of nitrogen functional groups attached to an aromatic ring is 1. The van der Waals surface area contributed by atoms with Crippen LogP contribution < -0.4 is 10.6 Å². The summed E-state index contributed by atoms with van der Waals surface area (Å²) in [5.74, 6) is 1.03. The molecule has 0 radical (unpaired) electrons. The number of anilines is 2. The third kappa shape index (κ3) is 1.63. The minimum Gasteiger partial charge on any atom is -0.397 e. The van der Waals surface area contributed by atoms with Crippen LogP contribution in [0, 0.1) is 6.92 Å². The lowest BCUT2D eigenvalue weighted by atomic mass is 10.2. The van der Waals surface area contributed by atoms with Gasteiger partial charge in [-0.1, -0.05) is 0 Å². The average Bonchev–Trinajstić information content (AvgIpc) is 2.62. The van der Waals surface area contributed by atoms with E-state index in [0.717, 1.165) is 30.2 Å². The number of nitrogens with two attached hydrogens (primary N) is 1. The molecule has 0 spiro atoms. The van der Waals surface area contributed by atoms with E-state index < -0.39 is 0 Å². The van der Waals surface area contributed by atoms with Crippen molar-refractivity contribution in [3.8, 4) is 0 Å². The molecule has 16 heavy (non-hydrogen) atoms. The first-order valence-electron chi connectivity index (χ1n) is 5.85. The average molecular weight is 219 g/mol. The van der Waals surface area contributed by atoms with Gasteiger partial charge in [-0.3, -0.25) is 0 Å². The lowest BCUT2D eigenvalue weighted by molar-refractivity contribution is 0.0302. The van der Waals surface area contributed by atoms with Gasteiger partial charge < -0.3 is 15.4 Å². The molecule has 4 heteroatoms. The van der Waals surface area contributed by atoms with Crippen LogP contribution >= 0.6 is 0 Å². The normalized spacial score (nSPS) is 28.4. The summed E-state index contributed by atoms with van der Waals surface area (Å²) in [5, 5.41) is 0. The monoisotopic (exact) mass is 219 g/mol. The summed E-state index contributed by atoms with van der Waals surface area (Å²) < 4.78 is 5.81. The Kier molecular flexibility index (Phi) is 2.24. The van der Waals surface area contributed by atoms with Crippen molar-refractivity contribution in [3.63, 3.8) is 0 Å². The first-order valence-corrected chi connectivity index (χ1v) is 5.85. The zero-order valence-corrected chi connectivity index (χ0v) is 9.52. The van der Waals surface area contributed by atoms with Crippen LogP contribution in [0.25, 0.3) is 0 Å². The second-order valence-electron chi connectivity index (χ2n) is 4.76. The fourth-order valence-electron chi connectivity index (χ4n) is 2.53. The number of hydrogen-bond donors (Lipinski definition) is 1. The van der Waals surface area contributed by atoms with E-state index in [-0.39, 0.29) is 0 Å². The number of morpholine rings is 1. The van der Waals surface area contributed by atoms with E-state index in [2.05, 4.69) is 16.0 Å². The molecule has 3 rings (SSSR count). The molecular formula is C12H17N3O. The van der Waals surface area contributed by atoms with Crippen molar-refractivity contribution in [1.29, 1.82) is 0 Å². The van der Waals surface area contributed by atoms with Crippen LogP contribution in [-0.2, 0) is 4.74 Å². The third-order valence-electron chi connectivity index (χ3n) is 3.50. The number of aromatic nitrogens is 1. The SMILES string of the molecule is Cc1cc(N2CC3CCC(C2)O3)ncc1N. The zero-order valence-electron chi connectivity index (χ0n) is 9.52. The smallest absolute Gasteiger partial charge is 0.129 e. The van der Waals surface area contributed by atoms with Gasteiger partial charge in [0.15, 0.2) is 0 Å². The van der Waals surface area contributed by atoms with Gasteiger partial charge >= 0.3 is 0 Å². The molecule has 0 aliphatic carbocycles. The lowest BCUT2D eigenvalue weighted by Gasteiger charge is -2.33. The topological polar surface area (TPSA) is 51.4 Å². The maximum Gasteiger partial charge on any atom is 0.129 e. The molecule has 2 aliphatic heterocycles. The minimum atomic E-state index is 0.401. The number of hydrogen-bond acceptors (Lipinski definition) is 4. The van der Waals surface area contributed by atoms with E-state index in [0.29, 0.717) is 12.2 Å². The molecule has 2 aliphatic rings. The van der Waals surface area contributed by atoms with Gasteiger partial charge in [0.25, 0.3) is 0 Å². The van der Waals surface area contributed by atoms with Crippen LogP contribution in [-0.4, -0.2) is 30.3 Å². The van der Waals surface area contributed by atoms with Crippen molar-refractivity contribution >= 4 is 11.5 Å². The largest absolute Gasteiger partial charge is 0.397 e. The Morgan fingerprint density at radius 2 is 2.06 bits per heavy atom. The molecule has 0 aromatic carbocycles. The maximum atomic E-state index is 5.81. The summed E-state index contributed by atoms with van der Waals surface area (Å²) in [7, 11) is 0. The molecule has 2 fully saturated rings. The van der Waals surface area contributed by atoms with Crippen LogP contribution in [0.3, 0.4) is 0 Å². The first kappa shape index (κ1) is 9.90. The predicted octanol–water partition coefficient (Wildman–Crippen LogP) is 1.34. The highest BCUT2D eigenvalue weighted by Gasteiger charge is 2.34. The molecule has 2 unspecified atom stereocenters. The summed E-state index contributed by atoms with van der Waals surface area (Å²) in [6.45, 7) is 3.95. The molecular weight excluding hydrogens is 202 g/mol. The Morgan fingerprint density at radius 1 is 1.38 bits per heavy atom. The zero-order chi connectivity index (χ0) is 11.1. The van der Waals surface area contributed by atoms with Crippen molar-refractivity contribution in [2.24, 2.45) is 0 Å². The van der Waals surface area contributed by atoms with E-state index in [9.17, 15) is 0 Å². The van der Waals surface area contributed by atoms with E-state index in [1.165, 1.54) is 12.8 Å². The molecule has 2 N–H and O–H groups in total. The Balaban J connectivity index is 1.84. The van der Waals surface area contributed by atoms with Crippen molar-refractivity contribution in [2.45, 2.75) is 32.0 Å². The quantitative estimate of drug-likeness (QED) is 0.774. The van der Waals surface area contributed by atoms with Gasteiger partial charge in [-0.25, -0.2) is 4.98 Å². The van der Waals surface area contributed by atoms with Gasteiger partial charge in [0.1, 0.15) is 5.82 Å². The van der Waals surface area contributed by atoms with Crippen LogP contribution in [0.4, 0.5) is 11.5 Å². The van der Waals surface area contributed by atoms with Crippen LogP contribution in [0.2, 0.25) is 0 Å². The van der Waals surface area contributed by atoms with Gasteiger partial charge in [-0.05, 0) is 31.4 Å². The number of ether oxygens (including phenoxy) is 1. The summed E-state index contributed by atoms with van der Waals surface area (Å²) in [6, 6.07) is 2.07. The molecule has 3 heterocycles. The summed E-state index contributed by atoms with van der Waals surface area (Å²) in [6.07, 6.45) is 4.93. The molecule has 0 saturated carbocycles. The fourth-order valence-corrected chi connectivity index (χ4v) is 2.53. The fraction of sp³-hybridized carbons (Fsp3) is 0.583. The highest BCUT2D eigenvalue weighted by atomic mass is 16.5. The molecule has 1 aromatic rings. The van der Waals surface area contributed by atoms with Crippen molar-refractivity contribution in [2.75, 3.05) is 23.7 Å². The van der Waals surface area contributed by atoms with E-state index >= 15 is 0 Å². The van der Waals surface area contributed by atoms with Crippen molar-refractivity contribution in [3.05, 3.63) is 17.8 Å². The van der Waals surface area contributed by atoms with Gasteiger partial charge in [0.05, 0.1) is 24.1 Å². The molecule has 2 atom stereocenters. The summed E-state index contributed by atoms with van der Waals surface area (Å²) in [4.78, 5) is 6.72. The van der Waals surface area contributed by atoms with Crippen molar-refractivity contribution < 1.29 is 4.74 Å². The Hall–Kier alpha value is -1.29. The number of aryl methyl sites for hydroxylation is 1. The Morgan fingerprint density at radius 3 is 2.69 bits per heavy atom. The number of rotatable bonds is 1. The molecule has 2 bridgehead atoms. The number of pyridine rings is 1. The molecule has 4 nitrogen and oxygen atoms in total.